The third-order valence-corrected chi connectivity index (χ3v) is 2.74. The minimum atomic E-state index is 0.120. The van der Waals surface area contributed by atoms with Gasteiger partial charge in [-0.05, 0) is 36.0 Å². The summed E-state index contributed by atoms with van der Waals surface area (Å²) in [5.74, 6) is 0.780. The van der Waals surface area contributed by atoms with E-state index in [1.54, 1.807) is 0 Å². The number of fused-ring (bicyclic) bond motifs is 1. The van der Waals surface area contributed by atoms with Crippen LogP contribution in [0.15, 0.2) is 12.1 Å². The average molecular weight is 203 g/mol. The molecule has 1 N–H and O–H groups in total. The summed E-state index contributed by atoms with van der Waals surface area (Å²) in [6.45, 7) is 6.49. The zero-order valence-corrected chi connectivity index (χ0v) is 9.55. The van der Waals surface area contributed by atoms with Gasteiger partial charge in [-0.2, -0.15) is 0 Å². The molecule has 0 saturated heterocycles. The first-order valence-electron chi connectivity index (χ1n) is 5.48. The van der Waals surface area contributed by atoms with E-state index in [1.165, 1.54) is 11.1 Å². The average Bonchev–Trinajstić information content (AvgIpc) is 2.44. The fourth-order valence-corrected chi connectivity index (χ4v) is 2.21. The summed E-state index contributed by atoms with van der Waals surface area (Å²) >= 11 is 0. The van der Waals surface area contributed by atoms with Crippen LogP contribution in [0.25, 0.3) is 0 Å². The van der Waals surface area contributed by atoms with Crippen molar-refractivity contribution in [3.8, 4) is 0 Å². The Morgan fingerprint density at radius 3 is 2.80 bits per heavy atom. The first-order chi connectivity index (χ1) is 7.06. The molecule has 1 heterocycles. The van der Waals surface area contributed by atoms with Crippen molar-refractivity contribution in [3.05, 3.63) is 28.8 Å². The van der Waals surface area contributed by atoms with Crippen LogP contribution in [0.5, 0.6) is 0 Å². The number of rotatable bonds is 2. The van der Waals surface area contributed by atoms with Gasteiger partial charge in [0, 0.05) is 5.69 Å². The smallest absolute Gasteiger partial charge is 0.228 e. The minimum absolute atomic E-state index is 0.120. The second-order valence-electron chi connectivity index (χ2n) is 4.77. The topological polar surface area (TPSA) is 29.1 Å². The first-order valence-corrected chi connectivity index (χ1v) is 5.48. The lowest BCUT2D eigenvalue weighted by Gasteiger charge is -2.09. The summed E-state index contributed by atoms with van der Waals surface area (Å²) < 4.78 is 0. The van der Waals surface area contributed by atoms with Gasteiger partial charge in [-0.1, -0.05) is 26.0 Å². The second kappa shape index (κ2) is 3.69. The summed E-state index contributed by atoms with van der Waals surface area (Å²) in [5, 5.41) is 2.91. The summed E-state index contributed by atoms with van der Waals surface area (Å²) in [4.78, 5) is 11.3. The van der Waals surface area contributed by atoms with E-state index in [0.717, 1.165) is 17.7 Å². The maximum absolute atomic E-state index is 11.3. The van der Waals surface area contributed by atoms with Gasteiger partial charge in [0.1, 0.15) is 0 Å². The number of carbonyl (C=O) groups excluding carboxylic acids is 1. The highest BCUT2D eigenvalue weighted by atomic mass is 16.1. The highest BCUT2D eigenvalue weighted by Crippen LogP contribution is 2.28. The van der Waals surface area contributed by atoms with Crippen molar-refractivity contribution in [1.82, 2.24) is 0 Å². The molecule has 1 amide bonds. The number of aryl methyl sites for hydroxylation is 1. The molecule has 0 spiro atoms. The lowest BCUT2D eigenvalue weighted by Crippen LogP contribution is -2.04. The SMILES string of the molecule is Cc1cc(CC(C)C)cc2c1NC(=O)C2. The molecule has 2 rings (SSSR count). The molecule has 2 nitrogen and oxygen atoms in total. The Hall–Kier alpha value is -1.31. The van der Waals surface area contributed by atoms with Crippen LogP contribution in [0.1, 0.15) is 30.5 Å². The molecular formula is C13H17NO. The van der Waals surface area contributed by atoms with E-state index in [0.29, 0.717) is 12.3 Å². The minimum Gasteiger partial charge on any atom is -0.325 e. The van der Waals surface area contributed by atoms with Gasteiger partial charge in [0.15, 0.2) is 0 Å². The fourth-order valence-electron chi connectivity index (χ4n) is 2.21. The van der Waals surface area contributed by atoms with Crippen molar-refractivity contribution in [3.63, 3.8) is 0 Å². The number of anilines is 1. The molecule has 0 saturated carbocycles. The van der Waals surface area contributed by atoms with Gasteiger partial charge >= 0.3 is 0 Å². The van der Waals surface area contributed by atoms with Crippen molar-refractivity contribution >= 4 is 11.6 Å². The van der Waals surface area contributed by atoms with Crippen molar-refractivity contribution in [1.29, 1.82) is 0 Å². The van der Waals surface area contributed by atoms with Gasteiger partial charge in [0.25, 0.3) is 0 Å². The van der Waals surface area contributed by atoms with Crippen LogP contribution in [0, 0.1) is 12.8 Å². The predicted molar refractivity (Wildman–Crippen MR) is 62.1 cm³/mol. The Kier molecular flexibility index (Phi) is 2.51. The van der Waals surface area contributed by atoms with Crippen LogP contribution in [0.2, 0.25) is 0 Å². The Labute approximate surface area is 90.7 Å². The number of benzene rings is 1. The lowest BCUT2D eigenvalue weighted by molar-refractivity contribution is -0.115. The van der Waals surface area contributed by atoms with Crippen LogP contribution in [0.3, 0.4) is 0 Å². The van der Waals surface area contributed by atoms with Crippen molar-refractivity contribution in [2.75, 3.05) is 5.32 Å². The molecular weight excluding hydrogens is 186 g/mol. The van der Waals surface area contributed by atoms with Gasteiger partial charge in [0.2, 0.25) is 5.91 Å². The Morgan fingerprint density at radius 2 is 2.13 bits per heavy atom. The number of hydrogen-bond acceptors (Lipinski definition) is 1. The summed E-state index contributed by atoms with van der Waals surface area (Å²) in [6.07, 6.45) is 1.63. The fraction of sp³-hybridized carbons (Fsp3) is 0.462. The Balaban J connectivity index is 2.35. The highest BCUT2D eigenvalue weighted by Gasteiger charge is 2.19. The molecule has 1 aliphatic rings. The van der Waals surface area contributed by atoms with Gasteiger partial charge in [-0.3, -0.25) is 4.79 Å². The zero-order chi connectivity index (χ0) is 11.0. The molecule has 15 heavy (non-hydrogen) atoms. The standard InChI is InChI=1S/C13H17NO/c1-8(2)4-10-5-9(3)13-11(6-10)7-12(15)14-13/h5-6,8H,4,7H2,1-3H3,(H,14,15). The van der Waals surface area contributed by atoms with Crippen LogP contribution in [-0.4, -0.2) is 5.91 Å². The number of nitrogens with one attached hydrogen (secondary N) is 1. The van der Waals surface area contributed by atoms with Crippen LogP contribution in [-0.2, 0) is 17.6 Å². The van der Waals surface area contributed by atoms with Crippen LogP contribution in [0.4, 0.5) is 5.69 Å². The molecule has 0 bridgehead atoms. The molecule has 1 aromatic rings. The van der Waals surface area contributed by atoms with Crippen molar-refractivity contribution in [2.45, 2.75) is 33.6 Å². The Morgan fingerprint density at radius 1 is 1.40 bits per heavy atom. The quantitative estimate of drug-likeness (QED) is 0.786. The second-order valence-corrected chi connectivity index (χ2v) is 4.77. The molecule has 80 valence electrons. The van der Waals surface area contributed by atoms with E-state index in [4.69, 9.17) is 0 Å². The number of hydrogen-bond donors (Lipinski definition) is 1. The molecule has 0 aliphatic carbocycles. The zero-order valence-electron chi connectivity index (χ0n) is 9.55. The van der Waals surface area contributed by atoms with Crippen LogP contribution < -0.4 is 5.32 Å². The van der Waals surface area contributed by atoms with E-state index in [2.05, 4.69) is 38.2 Å². The van der Waals surface area contributed by atoms with Gasteiger partial charge in [-0.25, -0.2) is 0 Å². The normalized spacial score (nSPS) is 14.3. The lowest BCUT2D eigenvalue weighted by atomic mass is 9.97. The van der Waals surface area contributed by atoms with Gasteiger partial charge in [0.05, 0.1) is 6.42 Å². The number of amides is 1. The Bertz CT molecular complexity index is 407. The van der Waals surface area contributed by atoms with E-state index < -0.39 is 0 Å². The van der Waals surface area contributed by atoms with Gasteiger partial charge < -0.3 is 5.32 Å². The highest BCUT2D eigenvalue weighted by molar-refractivity contribution is 6.00. The van der Waals surface area contributed by atoms with E-state index in [-0.39, 0.29) is 5.91 Å². The molecule has 0 aromatic heterocycles. The molecule has 1 aromatic carbocycles. The monoisotopic (exact) mass is 203 g/mol. The third kappa shape index (κ3) is 2.04. The molecule has 0 fully saturated rings. The van der Waals surface area contributed by atoms with E-state index in [1.807, 2.05) is 0 Å². The predicted octanol–water partition coefficient (Wildman–Crippen LogP) is 2.69. The maximum atomic E-state index is 11.3. The molecule has 2 heteroatoms. The van der Waals surface area contributed by atoms with Crippen LogP contribution >= 0.6 is 0 Å². The largest absolute Gasteiger partial charge is 0.325 e. The molecule has 0 atom stereocenters. The molecule has 0 unspecified atom stereocenters. The van der Waals surface area contributed by atoms with Gasteiger partial charge in [-0.15, -0.1) is 0 Å². The van der Waals surface area contributed by atoms with E-state index >= 15 is 0 Å². The molecule has 1 aliphatic heterocycles. The summed E-state index contributed by atoms with van der Waals surface area (Å²) in [5.41, 5.74) is 4.73. The number of carbonyl (C=O) groups is 1. The van der Waals surface area contributed by atoms with Crippen molar-refractivity contribution < 1.29 is 4.79 Å². The molecule has 0 radical (unpaired) electrons. The van der Waals surface area contributed by atoms with Crippen molar-refractivity contribution in [2.24, 2.45) is 5.92 Å². The summed E-state index contributed by atoms with van der Waals surface area (Å²) in [7, 11) is 0. The van der Waals surface area contributed by atoms with E-state index in [9.17, 15) is 4.79 Å². The summed E-state index contributed by atoms with van der Waals surface area (Å²) in [6, 6.07) is 4.35. The first kappa shape index (κ1) is 10.2. The third-order valence-electron chi connectivity index (χ3n) is 2.74. The maximum Gasteiger partial charge on any atom is 0.228 e.